The van der Waals surface area contributed by atoms with Crippen LogP contribution in [-0.4, -0.2) is 0 Å². The first-order valence-electron chi connectivity index (χ1n) is 4.87. The molecule has 1 heterocycles. The van der Waals surface area contributed by atoms with Crippen molar-refractivity contribution in [2.24, 2.45) is 0 Å². The minimum absolute atomic E-state index is 0.592. The summed E-state index contributed by atoms with van der Waals surface area (Å²) in [6, 6.07) is 11.2. The lowest BCUT2D eigenvalue weighted by Gasteiger charge is -2.07. The first kappa shape index (κ1) is 12.3. The fourth-order valence-electron chi connectivity index (χ4n) is 1.35. The van der Waals surface area contributed by atoms with Crippen LogP contribution in [0, 0.1) is 11.3 Å². The SMILES string of the molecule is N#Cc1ccc(CNc2ccc(Cl)cc2Cl)s1. The summed E-state index contributed by atoms with van der Waals surface area (Å²) in [4.78, 5) is 1.80. The maximum atomic E-state index is 8.72. The van der Waals surface area contributed by atoms with E-state index in [4.69, 9.17) is 28.5 Å². The predicted molar refractivity (Wildman–Crippen MR) is 72.8 cm³/mol. The quantitative estimate of drug-likeness (QED) is 0.897. The Kier molecular flexibility index (Phi) is 3.90. The molecule has 0 aliphatic carbocycles. The molecule has 0 fully saturated rings. The van der Waals surface area contributed by atoms with E-state index >= 15 is 0 Å². The van der Waals surface area contributed by atoms with Crippen LogP contribution in [0.1, 0.15) is 9.75 Å². The van der Waals surface area contributed by atoms with Crippen LogP contribution in [0.15, 0.2) is 30.3 Å². The number of hydrogen-bond acceptors (Lipinski definition) is 3. The smallest absolute Gasteiger partial charge is 0.110 e. The molecule has 0 amide bonds. The molecule has 86 valence electrons. The molecule has 1 aromatic carbocycles. The molecule has 17 heavy (non-hydrogen) atoms. The van der Waals surface area contributed by atoms with Crippen molar-refractivity contribution >= 4 is 40.2 Å². The first-order valence-corrected chi connectivity index (χ1v) is 6.44. The van der Waals surface area contributed by atoms with Gasteiger partial charge in [-0.25, -0.2) is 0 Å². The molecule has 0 aliphatic rings. The summed E-state index contributed by atoms with van der Waals surface area (Å²) in [5.74, 6) is 0. The van der Waals surface area contributed by atoms with Gasteiger partial charge in [0.25, 0.3) is 0 Å². The monoisotopic (exact) mass is 282 g/mol. The Morgan fingerprint density at radius 2 is 2.06 bits per heavy atom. The van der Waals surface area contributed by atoms with Crippen molar-refractivity contribution in [3.63, 3.8) is 0 Å². The van der Waals surface area contributed by atoms with Gasteiger partial charge in [0, 0.05) is 16.4 Å². The number of nitrogens with one attached hydrogen (secondary N) is 1. The van der Waals surface area contributed by atoms with Gasteiger partial charge in [-0.1, -0.05) is 23.2 Å². The standard InChI is InChI=1S/C12H8Cl2N2S/c13-8-1-4-12(11(14)5-8)16-7-10-3-2-9(6-15)17-10/h1-5,16H,7H2. The Bertz CT molecular complexity index is 572. The molecule has 0 saturated heterocycles. The number of anilines is 1. The average molecular weight is 283 g/mol. The van der Waals surface area contributed by atoms with E-state index in [1.807, 2.05) is 18.2 Å². The maximum Gasteiger partial charge on any atom is 0.110 e. The van der Waals surface area contributed by atoms with Crippen LogP contribution in [0.4, 0.5) is 5.69 Å². The highest BCUT2D eigenvalue weighted by molar-refractivity contribution is 7.12. The molecular weight excluding hydrogens is 275 g/mol. The van der Waals surface area contributed by atoms with E-state index in [0.29, 0.717) is 21.5 Å². The molecule has 1 N–H and O–H groups in total. The van der Waals surface area contributed by atoms with E-state index in [9.17, 15) is 0 Å². The van der Waals surface area contributed by atoms with Gasteiger partial charge in [-0.15, -0.1) is 11.3 Å². The summed E-state index contributed by atoms with van der Waals surface area (Å²) in [6.07, 6.45) is 0. The number of nitriles is 1. The van der Waals surface area contributed by atoms with Crippen molar-refractivity contribution in [1.82, 2.24) is 0 Å². The Morgan fingerprint density at radius 1 is 1.24 bits per heavy atom. The Morgan fingerprint density at radius 3 is 2.71 bits per heavy atom. The summed E-state index contributed by atoms with van der Waals surface area (Å²) in [5.41, 5.74) is 0.836. The highest BCUT2D eigenvalue weighted by Crippen LogP contribution is 2.26. The normalized spacial score (nSPS) is 9.94. The third-order valence-corrected chi connectivity index (χ3v) is 3.69. The van der Waals surface area contributed by atoms with Gasteiger partial charge < -0.3 is 5.32 Å². The van der Waals surface area contributed by atoms with Crippen LogP contribution in [-0.2, 0) is 6.54 Å². The molecule has 2 rings (SSSR count). The molecular formula is C12H8Cl2N2S. The van der Waals surface area contributed by atoms with E-state index in [1.54, 1.807) is 12.1 Å². The molecule has 0 unspecified atom stereocenters. The average Bonchev–Trinajstić information content (AvgIpc) is 2.76. The molecule has 1 aromatic heterocycles. The van der Waals surface area contributed by atoms with E-state index in [1.165, 1.54) is 11.3 Å². The van der Waals surface area contributed by atoms with Crippen molar-refractivity contribution in [1.29, 1.82) is 5.26 Å². The van der Waals surface area contributed by atoms with Crippen molar-refractivity contribution in [2.75, 3.05) is 5.32 Å². The van der Waals surface area contributed by atoms with Crippen LogP contribution < -0.4 is 5.32 Å². The second kappa shape index (κ2) is 5.42. The van der Waals surface area contributed by atoms with Gasteiger partial charge in [0.1, 0.15) is 10.9 Å². The zero-order valence-electron chi connectivity index (χ0n) is 8.71. The lowest BCUT2D eigenvalue weighted by molar-refractivity contribution is 1.19. The van der Waals surface area contributed by atoms with Crippen LogP contribution in [0.5, 0.6) is 0 Å². The zero-order valence-corrected chi connectivity index (χ0v) is 11.0. The summed E-state index contributed by atoms with van der Waals surface area (Å²) in [6.45, 7) is 0.647. The van der Waals surface area contributed by atoms with Gasteiger partial charge in [0.15, 0.2) is 0 Å². The molecule has 2 aromatic rings. The third-order valence-electron chi connectivity index (χ3n) is 2.16. The number of benzene rings is 1. The fraction of sp³-hybridized carbons (Fsp3) is 0.0833. The summed E-state index contributed by atoms with van der Waals surface area (Å²) in [7, 11) is 0. The molecule has 0 radical (unpaired) electrons. The highest BCUT2D eigenvalue weighted by atomic mass is 35.5. The molecule has 0 saturated carbocycles. The first-order chi connectivity index (χ1) is 8.19. The number of rotatable bonds is 3. The molecule has 0 aliphatic heterocycles. The van der Waals surface area contributed by atoms with Crippen LogP contribution in [0.25, 0.3) is 0 Å². The molecule has 0 bridgehead atoms. The lowest BCUT2D eigenvalue weighted by Crippen LogP contribution is -1.97. The highest BCUT2D eigenvalue weighted by Gasteiger charge is 2.02. The molecule has 0 spiro atoms. The van der Waals surface area contributed by atoms with Crippen LogP contribution >= 0.6 is 34.5 Å². The molecule has 2 nitrogen and oxygen atoms in total. The number of nitrogens with zero attached hydrogens (tertiary/aromatic N) is 1. The van der Waals surface area contributed by atoms with Crippen LogP contribution in [0.3, 0.4) is 0 Å². The van der Waals surface area contributed by atoms with Gasteiger partial charge in [-0.3, -0.25) is 0 Å². The Balaban J connectivity index is 2.05. The van der Waals surface area contributed by atoms with Gasteiger partial charge in [0.05, 0.1) is 10.7 Å². The molecule has 5 heteroatoms. The third kappa shape index (κ3) is 3.13. The second-order valence-corrected chi connectivity index (χ2v) is 5.37. The topological polar surface area (TPSA) is 35.8 Å². The maximum absolute atomic E-state index is 8.72. The van der Waals surface area contributed by atoms with E-state index in [2.05, 4.69) is 11.4 Å². The van der Waals surface area contributed by atoms with E-state index in [0.717, 1.165) is 10.6 Å². The van der Waals surface area contributed by atoms with Gasteiger partial charge in [0.2, 0.25) is 0 Å². The van der Waals surface area contributed by atoms with E-state index < -0.39 is 0 Å². The lowest BCUT2D eigenvalue weighted by atomic mass is 10.3. The minimum Gasteiger partial charge on any atom is -0.379 e. The fourth-order valence-corrected chi connectivity index (χ4v) is 2.57. The van der Waals surface area contributed by atoms with Crippen molar-refractivity contribution in [3.8, 4) is 6.07 Å². The summed E-state index contributed by atoms with van der Waals surface area (Å²) < 4.78 is 0. The minimum atomic E-state index is 0.592. The van der Waals surface area contributed by atoms with Crippen LogP contribution in [0.2, 0.25) is 10.0 Å². The summed E-state index contributed by atoms with van der Waals surface area (Å²) >= 11 is 13.3. The summed E-state index contributed by atoms with van der Waals surface area (Å²) in [5, 5.41) is 13.1. The van der Waals surface area contributed by atoms with Gasteiger partial charge in [-0.2, -0.15) is 5.26 Å². The number of hydrogen-bond donors (Lipinski definition) is 1. The Hall–Kier alpha value is -1.21. The second-order valence-electron chi connectivity index (χ2n) is 3.36. The van der Waals surface area contributed by atoms with Crippen molar-refractivity contribution in [2.45, 2.75) is 6.54 Å². The van der Waals surface area contributed by atoms with Crippen molar-refractivity contribution in [3.05, 3.63) is 50.1 Å². The van der Waals surface area contributed by atoms with Crippen molar-refractivity contribution < 1.29 is 0 Å². The van der Waals surface area contributed by atoms with Gasteiger partial charge >= 0.3 is 0 Å². The molecule has 0 atom stereocenters. The van der Waals surface area contributed by atoms with E-state index in [-0.39, 0.29) is 0 Å². The zero-order chi connectivity index (χ0) is 12.3. The number of thiophene rings is 1. The predicted octanol–water partition coefficient (Wildman–Crippen LogP) is 4.54. The number of halogens is 2. The largest absolute Gasteiger partial charge is 0.379 e. The van der Waals surface area contributed by atoms with Gasteiger partial charge in [-0.05, 0) is 30.3 Å². The Labute approximate surface area is 113 Å².